The van der Waals surface area contributed by atoms with Crippen LogP contribution in [0.25, 0.3) is 0 Å². The first-order valence-corrected chi connectivity index (χ1v) is 5.25. The number of benzene rings is 1. The lowest BCUT2D eigenvalue weighted by atomic mass is 10.3. The molecule has 0 spiro atoms. The van der Waals surface area contributed by atoms with Crippen LogP contribution in [0.4, 0.5) is 17.3 Å². The number of nitrogens with one attached hydrogen (secondary N) is 1. The van der Waals surface area contributed by atoms with Crippen LogP contribution < -0.4 is 15.8 Å². The fourth-order valence-electron chi connectivity index (χ4n) is 1.36. The van der Waals surface area contributed by atoms with Crippen LogP contribution in [0.1, 0.15) is 0 Å². The summed E-state index contributed by atoms with van der Waals surface area (Å²) >= 11 is 5.92. The molecule has 0 aliphatic carbocycles. The van der Waals surface area contributed by atoms with E-state index in [1.165, 1.54) is 6.20 Å². The van der Waals surface area contributed by atoms with Crippen LogP contribution in [0, 0.1) is 0 Å². The molecule has 0 aliphatic heterocycles. The van der Waals surface area contributed by atoms with Gasteiger partial charge in [-0.25, -0.2) is 4.98 Å². The highest BCUT2D eigenvalue weighted by Gasteiger charge is 2.05. The second kappa shape index (κ2) is 4.88. The Morgan fingerprint density at radius 3 is 2.88 bits per heavy atom. The third kappa shape index (κ3) is 2.76. The molecule has 0 bridgehead atoms. The fourth-order valence-corrected chi connectivity index (χ4v) is 1.53. The molecule has 5 nitrogen and oxygen atoms in total. The highest BCUT2D eigenvalue weighted by molar-refractivity contribution is 6.31. The highest BCUT2D eigenvalue weighted by atomic mass is 35.5. The van der Waals surface area contributed by atoms with Crippen LogP contribution in [0.5, 0.6) is 5.75 Å². The van der Waals surface area contributed by atoms with Gasteiger partial charge in [0.05, 0.1) is 25.2 Å². The van der Waals surface area contributed by atoms with Crippen LogP contribution in [-0.4, -0.2) is 17.1 Å². The molecule has 2 aromatic rings. The van der Waals surface area contributed by atoms with Gasteiger partial charge in [-0.05, 0) is 18.2 Å². The van der Waals surface area contributed by atoms with Crippen molar-refractivity contribution in [3.63, 3.8) is 0 Å². The third-order valence-electron chi connectivity index (χ3n) is 2.08. The van der Waals surface area contributed by atoms with Gasteiger partial charge in [-0.2, -0.15) is 0 Å². The first kappa shape index (κ1) is 11.5. The predicted octanol–water partition coefficient (Wildman–Crippen LogP) is 2.46. The summed E-state index contributed by atoms with van der Waals surface area (Å²) in [5.74, 6) is 1.54. The van der Waals surface area contributed by atoms with Crippen molar-refractivity contribution in [3.05, 3.63) is 35.6 Å². The first-order chi connectivity index (χ1) is 8.19. The number of hydrogen-bond donors (Lipinski definition) is 2. The van der Waals surface area contributed by atoms with Gasteiger partial charge in [0, 0.05) is 5.02 Å². The number of nitrogens with two attached hydrogens (primary N) is 1. The molecule has 1 aromatic heterocycles. The minimum Gasteiger partial charge on any atom is -0.495 e. The standard InChI is InChI=1S/C11H11ClN4O/c1-17-9-3-2-7(12)4-8(9)15-11-6-14-5-10(13)16-11/h2-6H,1H3,(H3,13,15,16). The molecule has 0 unspecified atom stereocenters. The predicted molar refractivity (Wildman–Crippen MR) is 67.7 cm³/mol. The number of aromatic nitrogens is 2. The number of hydrogen-bond acceptors (Lipinski definition) is 5. The average Bonchev–Trinajstić information content (AvgIpc) is 2.29. The number of nitrogens with zero attached hydrogens (tertiary/aromatic N) is 2. The van der Waals surface area contributed by atoms with Gasteiger partial charge in [0.2, 0.25) is 0 Å². The van der Waals surface area contributed by atoms with Gasteiger partial charge < -0.3 is 15.8 Å². The molecule has 0 aliphatic rings. The number of nitrogen functional groups attached to an aromatic ring is 1. The SMILES string of the molecule is COc1ccc(Cl)cc1Nc1cncc(N)n1. The van der Waals surface area contributed by atoms with Crippen molar-refractivity contribution < 1.29 is 4.74 Å². The molecule has 0 atom stereocenters. The Morgan fingerprint density at radius 1 is 1.35 bits per heavy atom. The molecule has 88 valence electrons. The van der Waals surface area contributed by atoms with Gasteiger partial charge in [0.15, 0.2) is 5.82 Å². The van der Waals surface area contributed by atoms with E-state index in [0.29, 0.717) is 28.1 Å². The van der Waals surface area contributed by atoms with Gasteiger partial charge in [-0.15, -0.1) is 0 Å². The van der Waals surface area contributed by atoms with Crippen molar-refractivity contribution in [2.45, 2.75) is 0 Å². The van der Waals surface area contributed by atoms with Gasteiger partial charge in [-0.1, -0.05) is 11.6 Å². The minimum absolute atomic E-state index is 0.344. The summed E-state index contributed by atoms with van der Waals surface area (Å²) in [7, 11) is 1.58. The van der Waals surface area contributed by atoms with Gasteiger partial charge in [-0.3, -0.25) is 4.98 Å². The Labute approximate surface area is 104 Å². The normalized spacial score (nSPS) is 10.0. The average molecular weight is 251 g/mol. The summed E-state index contributed by atoms with van der Waals surface area (Å²) in [6, 6.07) is 5.26. The molecular formula is C11H11ClN4O. The molecule has 1 heterocycles. The topological polar surface area (TPSA) is 73.1 Å². The molecule has 0 saturated heterocycles. The van der Waals surface area contributed by atoms with E-state index in [1.54, 1.807) is 31.5 Å². The fraction of sp³-hybridized carbons (Fsp3) is 0.0909. The second-order valence-electron chi connectivity index (χ2n) is 3.30. The zero-order valence-electron chi connectivity index (χ0n) is 9.14. The Bertz CT molecular complexity index is 533. The Kier molecular flexibility index (Phi) is 3.30. The van der Waals surface area contributed by atoms with Crippen molar-refractivity contribution in [2.24, 2.45) is 0 Å². The van der Waals surface area contributed by atoms with E-state index in [-0.39, 0.29) is 0 Å². The van der Waals surface area contributed by atoms with Gasteiger partial charge in [0.1, 0.15) is 11.6 Å². The summed E-state index contributed by atoms with van der Waals surface area (Å²) < 4.78 is 5.20. The lowest BCUT2D eigenvalue weighted by molar-refractivity contribution is 0.417. The zero-order valence-corrected chi connectivity index (χ0v) is 9.90. The maximum atomic E-state index is 5.92. The van der Waals surface area contributed by atoms with E-state index in [2.05, 4.69) is 15.3 Å². The van der Waals surface area contributed by atoms with Crippen molar-refractivity contribution in [2.75, 3.05) is 18.2 Å². The van der Waals surface area contributed by atoms with Crippen molar-refractivity contribution >= 4 is 28.9 Å². The Balaban J connectivity index is 2.32. The van der Waals surface area contributed by atoms with Crippen LogP contribution in [0.3, 0.4) is 0 Å². The zero-order chi connectivity index (χ0) is 12.3. The van der Waals surface area contributed by atoms with E-state index in [9.17, 15) is 0 Å². The van der Waals surface area contributed by atoms with Crippen LogP contribution in [0.2, 0.25) is 5.02 Å². The summed E-state index contributed by atoms with van der Waals surface area (Å²) in [5, 5.41) is 3.64. The molecule has 0 radical (unpaired) electrons. The van der Waals surface area contributed by atoms with E-state index in [4.69, 9.17) is 22.1 Å². The largest absolute Gasteiger partial charge is 0.495 e. The Morgan fingerprint density at radius 2 is 2.18 bits per heavy atom. The van der Waals surface area contributed by atoms with Crippen molar-refractivity contribution in [3.8, 4) is 5.75 Å². The summed E-state index contributed by atoms with van der Waals surface area (Å²) in [5.41, 5.74) is 6.25. The van der Waals surface area contributed by atoms with Crippen LogP contribution in [0.15, 0.2) is 30.6 Å². The highest BCUT2D eigenvalue weighted by Crippen LogP contribution is 2.29. The number of anilines is 3. The lowest BCUT2D eigenvalue weighted by Gasteiger charge is -2.10. The number of halogens is 1. The van der Waals surface area contributed by atoms with E-state index >= 15 is 0 Å². The quantitative estimate of drug-likeness (QED) is 0.875. The third-order valence-corrected chi connectivity index (χ3v) is 2.31. The summed E-state index contributed by atoms with van der Waals surface area (Å²) in [6.07, 6.45) is 3.04. The molecule has 1 aromatic carbocycles. The second-order valence-corrected chi connectivity index (χ2v) is 3.74. The summed E-state index contributed by atoms with van der Waals surface area (Å²) in [6.45, 7) is 0. The van der Waals surface area contributed by atoms with Gasteiger partial charge >= 0.3 is 0 Å². The van der Waals surface area contributed by atoms with Crippen molar-refractivity contribution in [1.29, 1.82) is 0 Å². The minimum atomic E-state index is 0.344. The molecule has 0 fully saturated rings. The lowest BCUT2D eigenvalue weighted by Crippen LogP contribution is -1.99. The molecule has 3 N–H and O–H groups in total. The summed E-state index contributed by atoms with van der Waals surface area (Å²) in [4.78, 5) is 8.01. The van der Waals surface area contributed by atoms with E-state index in [0.717, 1.165) is 0 Å². The molecule has 6 heteroatoms. The number of ether oxygens (including phenoxy) is 1. The Hall–Kier alpha value is -2.01. The number of methoxy groups -OCH3 is 1. The molecular weight excluding hydrogens is 240 g/mol. The maximum absolute atomic E-state index is 5.92. The van der Waals surface area contributed by atoms with Crippen LogP contribution in [-0.2, 0) is 0 Å². The molecule has 0 amide bonds. The van der Waals surface area contributed by atoms with E-state index in [1.807, 2.05) is 0 Å². The molecule has 17 heavy (non-hydrogen) atoms. The van der Waals surface area contributed by atoms with Crippen LogP contribution >= 0.6 is 11.6 Å². The number of rotatable bonds is 3. The van der Waals surface area contributed by atoms with Crippen molar-refractivity contribution in [1.82, 2.24) is 9.97 Å². The maximum Gasteiger partial charge on any atom is 0.151 e. The van der Waals surface area contributed by atoms with Gasteiger partial charge in [0.25, 0.3) is 0 Å². The van der Waals surface area contributed by atoms with E-state index < -0.39 is 0 Å². The smallest absolute Gasteiger partial charge is 0.151 e. The monoisotopic (exact) mass is 250 g/mol. The first-order valence-electron chi connectivity index (χ1n) is 4.87. The molecule has 0 saturated carbocycles. The molecule has 2 rings (SSSR count).